The maximum atomic E-state index is 5.96. The molecule has 74 valence electrons. The van der Waals surface area contributed by atoms with Crippen LogP contribution in [0.1, 0.15) is 33.1 Å². The summed E-state index contributed by atoms with van der Waals surface area (Å²) in [6.45, 7) is 5.53. The molecule has 0 saturated carbocycles. The summed E-state index contributed by atoms with van der Waals surface area (Å²) < 4.78 is 0. The predicted molar refractivity (Wildman–Crippen MR) is 55.2 cm³/mol. The van der Waals surface area contributed by atoms with Crippen molar-refractivity contribution in [3.8, 4) is 0 Å². The monoisotopic (exact) mass is 172 g/mol. The zero-order valence-electron chi connectivity index (χ0n) is 9.01. The first kappa shape index (κ1) is 11.9. The average molecular weight is 172 g/mol. The molecular formula is C10H24N2. The van der Waals surface area contributed by atoms with Crippen molar-refractivity contribution < 1.29 is 0 Å². The summed E-state index contributed by atoms with van der Waals surface area (Å²) in [6, 6.07) is 0.349. The molecule has 0 aromatic carbocycles. The second kappa shape index (κ2) is 6.44. The summed E-state index contributed by atoms with van der Waals surface area (Å²) >= 11 is 0. The maximum absolute atomic E-state index is 5.96. The Morgan fingerprint density at radius 1 is 1.33 bits per heavy atom. The molecule has 2 heteroatoms. The molecule has 2 atom stereocenters. The number of nitrogens with two attached hydrogens (primary N) is 1. The molecule has 12 heavy (non-hydrogen) atoms. The van der Waals surface area contributed by atoms with Gasteiger partial charge in [0.1, 0.15) is 0 Å². The minimum atomic E-state index is 0.349. The van der Waals surface area contributed by atoms with Crippen molar-refractivity contribution in [2.24, 2.45) is 11.7 Å². The fraction of sp³-hybridized carbons (Fsp3) is 1.00. The van der Waals surface area contributed by atoms with Crippen LogP contribution >= 0.6 is 0 Å². The second-order valence-electron chi connectivity index (χ2n) is 4.15. The molecule has 0 aromatic heterocycles. The van der Waals surface area contributed by atoms with Crippen LogP contribution in [-0.4, -0.2) is 31.6 Å². The Hall–Kier alpha value is -0.0800. The van der Waals surface area contributed by atoms with E-state index in [1.807, 2.05) is 0 Å². The Bertz CT molecular complexity index is 102. The van der Waals surface area contributed by atoms with Crippen molar-refractivity contribution in [3.63, 3.8) is 0 Å². The zero-order valence-corrected chi connectivity index (χ0v) is 9.01. The molecule has 0 aromatic rings. The molecule has 0 fully saturated rings. The molecule has 0 amide bonds. The lowest BCUT2D eigenvalue weighted by atomic mass is 9.97. The van der Waals surface area contributed by atoms with Crippen molar-refractivity contribution in [2.75, 3.05) is 20.6 Å². The van der Waals surface area contributed by atoms with Gasteiger partial charge in [-0.25, -0.2) is 0 Å². The van der Waals surface area contributed by atoms with Crippen LogP contribution in [-0.2, 0) is 0 Å². The summed E-state index contributed by atoms with van der Waals surface area (Å²) in [4.78, 5) is 2.16. The SMILES string of the molecule is CCCC(C)CC(N)CN(C)C. The van der Waals surface area contributed by atoms with Crippen LogP contribution < -0.4 is 5.73 Å². The number of hydrogen-bond donors (Lipinski definition) is 1. The molecule has 0 aliphatic heterocycles. The first-order chi connectivity index (χ1) is 5.56. The summed E-state index contributed by atoms with van der Waals surface area (Å²) in [6.07, 6.45) is 3.74. The van der Waals surface area contributed by atoms with Crippen molar-refractivity contribution in [3.05, 3.63) is 0 Å². The van der Waals surface area contributed by atoms with Gasteiger partial charge in [0.2, 0.25) is 0 Å². The lowest BCUT2D eigenvalue weighted by molar-refractivity contribution is 0.331. The summed E-state index contributed by atoms with van der Waals surface area (Å²) in [7, 11) is 4.15. The Kier molecular flexibility index (Phi) is 6.39. The lowest BCUT2D eigenvalue weighted by Crippen LogP contribution is -2.34. The van der Waals surface area contributed by atoms with Crippen LogP contribution in [0.25, 0.3) is 0 Å². The van der Waals surface area contributed by atoms with Gasteiger partial charge in [0.15, 0.2) is 0 Å². The van der Waals surface area contributed by atoms with Gasteiger partial charge in [-0.15, -0.1) is 0 Å². The highest BCUT2D eigenvalue weighted by Gasteiger charge is 2.08. The molecule has 2 N–H and O–H groups in total. The first-order valence-corrected chi connectivity index (χ1v) is 4.96. The molecule has 2 unspecified atom stereocenters. The molecule has 0 radical (unpaired) electrons. The van der Waals surface area contributed by atoms with Crippen molar-refractivity contribution in [1.82, 2.24) is 4.90 Å². The number of nitrogens with zero attached hydrogens (tertiary/aromatic N) is 1. The molecule has 0 saturated heterocycles. The van der Waals surface area contributed by atoms with Crippen LogP contribution in [0, 0.1) is 5.92 Å². The third kappa shape index (κ3) is 6.62. The number of rotatable bonds is 6. The smallest absolute Gasteiger partial charge is 0.0170 e. The van der Waals surface area contributed by atoms with E-state index in [2.05, 4.69) is 32.8 Å². The van der Waals surface area contributed by atoms with Crippen molar-refractivity contribution >= 4 is 0 Å². The van der Waals surface area contributed by atoms with Gasteiger partial charge < -0.3 is 10.6 Å². The van der Waals surface area contributed by atoms with Crippen LogP contribution in [0.4, 0.5) is 0 Å². The van der Waals surface area contributed by atoms with E-state index >= 15 is 0 Å². The standard InChI is InChI=1S/C10H24N2/c1-5-6-9(2)7-10(11)8-12(3)4/h9-10H,5-8,11H2,1-4H3. The quantitative estimate of drug-likeness (QED) is 0.661. The second-order valence-corrected chi connectivity index (χ2v) is 4.15. The summed E-state index contributed by atoms with van der Waals surface area (Å²) in [5, 5.41) is 0. The van der Waals surface area contributed by atoms with E-state index in [0.717, 1.165) is 18.9 Å². The minimum Gasteiger partial charge on any atom is -0.327 e. The van der Waals surface area contributed by atoms with E-state index in [1.165, 1.54) is 12.8 Å². The summed E-state index contributed by atoms with van der Waals surface area (Å²) in [5.41, 5.74) is 5.96. The van der Waals surface area contributed by atoms with Crippen molar-refractivity contribution in [1.29, 1.82) is 0 Å². The normalized spacial score (nSPS) is 16.5. The first-order valence-electron chi connectivity index (χ1n) is 4.96. The van der Waals surface area contributed by atoms with Gasteiger partial charge in [-0.05, 0) is 26.4 Å². The number of likely N-dealkylation sites (N-methyl/N-ethyl adjacent to an activating group) is 1. The zero-order chi connectivity index (χ0) is 9.56. The fourth-order valence-electron chi connectivity index (χ4n) is 1.67. The molecule has 0 aliphatic carbocycles. The molecule has 0 aliphatic rings. The highest BCUT2D eigenvalue weighted by molar-refractivity contribution is 4.67. The molecule has 0 bridgehead atoms. The molecule has 0 heterocycles. The molecule has 0 spiro atoms. The van der Waals surface area contributed by atoms with Gasteiger partial charge in [0, 0.05) is 12.6 Å². The Morgan fingerprint density at radius 2 is 1.92 bits per heavy atom. The Morgan fingerprint density at radius 3 is 2.33 bits per heavy atom. The van der Waals surface area contributed by atoms with Gasteiger partial charge in [0.25, 0.3) is 0 Å². The highest BCUT2D eigenvalue weighted by Crippen LogP contribution is 2.11. The third-order valence-corrected chi connectivity index (χ3v) is 2.09. The number of hydrogen-bond acceptors (Lipinski definition) is 2. The van der Waals surface area contributed by atoms with Gasteiger partial charge in [-0.3, -0.25) is 0 Å². The average Bonchev–Trinajstić information content (AvgIpc) is 1.84. The van der Waals surface area contributed by atoms with Crippen molar-refractivity contribution in [2.45, 2.75) is 39.2 Å². The van der Waals surface area contributed by atoms with Gasteiger partial charge in [0.05, 0.1) is 0 Å². The largest absolute Gasteiger partial charge is 0.327 e. The Labute approximate surface area is 77.1 Å². The highest BCUT2D eigenvalue weighted by atomic mass is 15.1. The van der Waals surface area contributed by atoms with Gasteiger partial charge in [-0.1, -0.05) is 26.7 Å². The Balaban J connectivity index is 3.46. The maximum Gasteiger partial charge on any atom is 0.0170 e. The molecule has 0 rings (SSSR count). The van der Waals surface area contributed by atoms with Crippen LogP contribution in [0.15, 0.2) is 0 Å². The van der Waals surface area contributed by atoms with Gasteiger partial charge >= 0.3 is 0 Å². The molecule has 2 nitrogen and oxygen atoms in total. The van der Waals surface area contributed by atoms with Crippen LogP contribution in [0.3, 0.4) is 0 Å². The van der Waals surface area contributed by atoms with E-state index in [-0.39, 0.29) is 0 Å². The lowest BCUT2D eigenvalue weighted by Gasteiger charge is -2.20. The predicted octanol–water partition coefficient (Wildman–Crippen LogP) is 1.70. The fourth-order valence-corrected chi connectivity index (χ4v) is 1.67. The third-order valence-electron chi connectivity index (χ3n) is 2.09. The van der Waals surface area contributed by atoms with Crippen LogP contribution in [0.5, 0.6) is 0 Å². The van der Waals surface area contributed by atoms with E-state index in [0.29, 0.717) is 6.04 Å². The topological polar surface area (TPSA) is 29.3 Å². The summed E-state index contributed by atoms with van der Waals surface area (Å²) in [5.74, 6) is 0.782. The van der Waals surface area contributed by atoms with Crippen LogP contribution in [0.2, 0.25) is 0 Å². The van der Waals surface area contributed by atoms with E-state index in [9.17, 15) is 0 Å². The van der Waals surface area contributed by atoms with E-state index < -0.39 is 0 Å². The van der Waals surface area contributed by atoms with Gasteiger partial charge in [-0.2, -0.15) is 0 Å². The minimum absolute atomic E-state index is 0.349. The van der Waals surface area contributed by atoms with E-state index in [1.54, 1.807) is 0 Å². The molecular weight excluding hydrogens is 148 g/mol. The van der Waals surface area contributed by atoms with E-state index in [4.69, 9.17) is 5.73 Å².